The van der Waals surface area contributed by atoms with Gasteiger partial charge in [-0.1, -0.05) is 35.9 Å². The summed E-state index contributed by atoms with van der Waals surface area (Å²) in [6, 6.07) is 14.9. The van der Waals surface area contributed by atoms with Gasteiger partial charge in [-0.3, -0.25) is 9.59 Å². The Morgan fingerprint density at radius 1 is 1.22 bits per heavy atom. The number of amides is 1. The van der Waals surface area contributed by atoms with Crippen LogP contribution < -0.4 is 15.8 Å². The molecule has 0 aliphatic carbocycles. The molecule has 1 aliphatic rings. The number of hydrogen-bond donors (Lipinski definition) is 1. The van der Waals surface area contributed by atoms with Crippen molar-refractivity contribution < 1.29 is 9.18 Å². The second-order valence-corrected chi connectivity index (χ2v) is 8.38. The number of aryl methyl sites for hydroxylation is 1. The zero-order valence-corrected chi connectivity index (χ0v) is 18.5. The second kappa shape index (κ2) is 9.53. The highest BCUT2D eigenvalue weighted by molar-refractivity contribution is 6.31. The smallest absolute Gasteiger partial charge is 0.271 e. The molecule has 166 valence electrons. The van der Waals surface area contributed by atoms with E-state index in [9.17, 15) is 14.0 Å². The van der Waals surface area contributed by atoms with Crippen molar-refractivity contribution in [1.29, 1.82) is 0 Å². The Morgan fingerprint density at radius 3 is 2.81 bits per heavy atom. The fraction of sp³-hybridized carbons (Fsp3) is 0.292. The molecule has 8 heteroatoms. The average Bonchev–Trinajstić information content (AvgIpc) is 2.80. The molecule has 4 rings (SSSR count). The highest BCUT2D eigenvalue weighted by Gasteiger charge is 2.27. The first-order chi connectivity index (χ1) is 15.4. The molecule has 1 aliphatic heterocycles. The van der Waals surface area contributed by atoms with E-state index in [0.29, 0.717) is 28.6 Å². The largest absolute Gasteiger partial charge is 0.354 e. The monoisotopic (exact) mass is 454 g/mol. The molecule has 0 saturated carbocycles. The highest BCUT2D eigenvalue weighted by atomic mass is 35.5. The van der Waals surface area contributed by atoms with Gasteiger partial charge >= 0.3 is 0 Å². The molecule has 1 atom stereocenters. The van der Waals surface area contributed by atoms with Crippen LogP contribution >= 0.6 is 11.6 Å². The first-order valence-corrected chi connectivity index (χ1v) is 10.9. The molecule has 32 heavy (non-hydrogen) atoms. The van der Waals surface area contributed by atoms with Crippen LogP contribution in [0.1, 0.15) is 24.0 Å². The van der Waals surface area contributed by atoms with Crippen molar-refractivity contribution in [2.45, 2.75) is 26.3 Å². The van der Waals surface area contributed by atoms with E-state index < -0.39 is 0 Å². The van der Waals surface area contributed by atoms with Crippen LogP contribution in [0.4, 0.5) is 10.2 Å². The quantitative estimate of drug-likeness (QED) is 0.635. The van der Waals surface area contributed by atoms with Crippen molar-refractivity contribution >= 4 is 23.3 Å². The molecule has 2 heterocycles. The maximum absolute atomic E-state index is 13.8. The number of nitrogens with zero attached hydrogens (tertiary/aromatic N) is 3. The van der Waals surface area contributed by atoms with Gasteiger partial charge in [-0.2, -0.15) is 4.68 Å². The van der Waals surface area contributed by atoms with E-state index in [4.69, 9.17) is 11.6 Å². The lowest BCUT2D eigenvalue weighted by atomic mass is 9.97. The van der Waals surface area contributed by atoms with Gasteiger partial charge in [0.25, 0.3) is 5.56 Å². The predicted molar refractivity (Wildman–Crippen MR) is 123 cm³/mol. The number of aromatic nitrogens is 2. The molecule has 0 bridgehead atoms. The molecule has 0 radical (unpaired) electrons. The van der Waals surface area contributed by atoms with Gasteiger partial charge in [0.05, 0.1) is 11.6 Å². The third-order valence-corrected chi connectivity index (χ3v) is 6.12. The van der Waals surface area contributed by atoms with E-state index in [0.717, 1.165) is 24.9 Å². The molecule has 3 aromatic rings. The van der Waals surface area contributed by atoms with Gasteiger partial charge in [0.1, 0.15) is 11.6 Å². The van der Waals surface area contributed by atoms with E-state index in [1.54, 1.807) is 36.4 Å². The summed E-state index contributed by atoms with van der Waals surface area (Å²) in [6.45, 7) is 3.25. The molecular formula is C24H24ClFN4O2. The molecule has 0 unspecified atom stereocenters. The Labute approximate surface area is 190 Å². The lowest BCUT2D eigenvalue weighted by Crippen LogP contribution is -2.43. The number of halogens is 2. The second-order valence-electron chi connectivity index (χ2n) is 7.97. The maximum Gasteiger partial charge on any atom is 0.271 e. The molecule has 1 amide bonds. The first-order valence-electron chi connectivity index (χ1n) is 10.6. The van der Waals surface area contributed by atoms with Gasteiger partial charge in [-0.25, -0.2) is 4.39 Å². The number of hydrogen-bond acceptors (Lipinski definition) is 4. The molecule has 1 saturated heterocycles. The van der Waals surface area contributed by atoms with Crippen molar-refractivity contribution in [2.24, 2.45) is 5.92 Å². The molecular weight excluding hydrogens is 431 g/mol. The van der Waals surface area contributed by atoms with Gasteiger partial charge in [-0.05, 0) is 49.6 Å². The van der Waals surface area contributed by atoms with Gasteiger partial charge in [0.2, 0.25) is 5.91 Å². The van der Waals surface area contributed by atoms with E-state index in [2.05, 4.69) is 10.4 Å². The number of piperidine rings is 1. The minimum absolute atomic E-state index is 0.114. The molecule has 1 aromatic heterocycles. The molecule has 6 nitrogen and oxygen atoms in total. The summed E-state index contributed by atoms with van der Waals surface area (Å²) < 4.78 is 15.1. The van der Waals surface area contributed by atoms with Crippen molar-refractivity contribution in [1.82, 2.24) is 15.1 Å². The Balaban J connectivity index is 1.48. The zero-order valence-electron chi connectivity index (χ0n) is 17.7. The first kappa shape index (κ1) is 22.0. The van der Waals surface area contributed by atoms with Gasteiger partial charge in [0, 0.05) is 36.3 Å². The Kier molecular flexibility index (Phi) is 6.55. The number of carbonyl (C=O) groups is 1. The van der Waals surface area contributed by atoms with Crippen LogP contribution in [0.15, 0.2) is 59.4 Å². The molecule has 1 N–H and O–H groups in total. The number of benzene rings is 2. The average molecular weight is 455 g/mol. The van der Waals surface area contributed by atoms with Crippen molar-refractivity contribution in [3.8, 4) is 5.69 Å². The predicted octanol–water partition coefficient (Wildman–Crippen LogP) is 3.87. The third-order valence-electron chi connectivity index (χ3n) is 5.71. The number of nitrogens with one attached hydrogen (secondary N) is 1. The SMILES string of the molecule is Cc1ccc(-n2nc(N3CCC[C@H](C(=O)NCc4ccccc4F)C3)ccc2=O)cc1Cl. The Morgan fingerprint density at radius 2 is 2.03 bits per heavy atom. The summed E-state index contributed by atoms with van der Waals surface area (Å²) in [5.41, 5.74) is 1.70. The van der Waals surface area contributed by atoms with Crippen LogP contribution in [0.2, 0.25) is 5.02 Å². The van der Waals surface area contributed by atoms with E-state index in [1.807, 2.05) is 17.9 Å². The standard InChI is InChI=1S/C24H24ClFN4O2/c1-16-8-9-19(13-20(16)25)30-23(31)11-10-22(28-30)29-12-4-6-18(15-29)24(32)27-14-17-5-2-3-7-21(17)26/h2-3,5,7-11,13,18H,4,6,12,14-15H2,1H3,(H,27,32)/t18-/m0/s1. The number of anilines is 1. The van der Waals surface area contributed by atoms with E-state index in [-0.39, 0.29) is 29.7 Å². The number of carbonyl (C=O) groups excluding carboxylic acids is 1. The maximum atomic E-state index is 13.8. The summed E-state index contributed by atoms with van der Waals surface area (Å²) in [5, 5.41) is 7.93. The fourth-order valence-corrected chi connectivity index (χ4v) is 4.01. The van der Waals surface area contributed by atoms with Crippen molar-refractivity contribution in [3.63, 3.8) is 0 Å². The molecule has 0 spiro atoms. The van der Waals surface area contributed by atoms with E-state index >= 15 is 0 Å². The van der Waals surface area contributed by atoms with Gasteiger partial charge in [0.15, 0.2) is 0 Å². The topological polar surface area (TPSA) is 67.2 Å². The number of rotatable bonds is 5. The van der Waals surface area contributed by atoms with Crippen molar-refractivity contribution in [2.75, 3.05) is 18.0 Å². The summed E-state index contributed by atoms with van der Waals surface area (Å²) in [6.07, 6.45) is 1.56. The lowest BCUT2D eigenvalue weighted by Gasteiger charge is -2.33. The van der Waals surface area contributed by atoms with E-state index in [1.165, 1.54) is 16.8 Å². The summed E-state index contributed by atoms with van der Waals surface area (Å²) in [7, 11) is 0. The highest BCUT2D eigenvalue weighted by Crippen LogP contribution is 2.23. The minimum Gasteiger partial charge on any atom is -0.354 e. The Hall–Kier alpha value is -3.19. The van der Waals surface area contributed by atoms with Crippen LogP contribution in [0.3, 0.4) is 0 Å². The summed E-state index contributed by atoms with van der Waals surface area (Å²) >= 11 is 6.22. The van der Waals surface area contributed by atoms with Crippen LogP contribution in [0.25, 0.3) is 5.69 Å². The molecule has 1 fully saturated rings. The van der Waals surface area contributed by atoms with Crippen LogP contribution in [0.5, 0.6) is 0 Å². The van der Waals surface area contributed by atoms with Crippen molar-refractivity contribution in [3.05, 3.63) is 86.9 Å². The summed E-state index contributed by atoms with van der Waals surface area (Å²) in [5.74, 6) is -0.0725. The third kappa shape index (κ3) is 4.83. The van der Waals surface area contributed by atoms with Gasteiger partial charge in [-0.15, -0.1) is 5.10 Å². The Bertz CT molecular complexity index is 1200. The van der Waals surface area contributed by atoms with Crippen LogP contribution in [-0.4, -0.2) is 28.8 Å². The normalized spacial score (nSPS) is 16.1. The van der Waals surface area contributed by atoms with Crippen LogP contribution in [0, 0.1) is 18.7 Å². The molecule has 2 aromatic carbocycles. The lowest BCUT2D eigenvalue weighted by molar-refractivity contribution is -0.125. The summed E-state index contributed by atoms with van der Waals surface area (Å²) in [4.78, 5) is 27.1. The van der Waals surface area contributed by atoms with Crippen LogP contribution in [-0.2, 0) is 11.3 Å². The fourth-order valence-electron chi connectivity index (χ4n) is 3.84. The van der Waals surface area contributed by atoms with Gasteiger partial charge < -0.3 is 10.2 Å². The zero-order chi connectivity index (χ0) is 22.7. The minimum atomic E-state index is -0.333.